The monoisotopic (exact) mass is 283 g/mol. The van der Waals surface area contributed by atoms with Crippen LogP contribution >= 0.6 is 0 Å². The van der Waals surface area contributed by atoms with E-state index in [1.54, 1.807) is 0 Å². The third-order valence-corrected chi connectivity index (χ3v) is 4.25. The molecule has 0 unspecified atom stereocenters. The first-order valence-corrected chi connectivity index (χ1v) is 8.23. The molecular weight excluding hydrogens is 250 g/mol. The van der Waals surface area contributed by atoms with Crippen molar-refractivity contribution in [3.05, 3.63) is 0 Å². The minimum atomic E-state index is 0.168. The summed E-state index contributed by atoms with van der Waals surface area (Å²) in [7, 11) is 2.08. The number of nitrogens with zero attached hydrogens (tertiary/aromatic N) is 1. The van der Waals surface area contributed by atoms with Crippen molar-refractivity contribution in [2.75, 3.05) is 26.7 Å². The van der Waals surface area contributed by atoms with Gasteiger partial charge in [-0.1, -0.05) is 20.8 Å². The zero-order valence-electron chi connectivity index (χ0n) is 13.7. The molecular formula is C16H33N3O. The average molecular weight is 283 g/mol. The second-order valence-corrected chi connectivity index (χ2v) is 6.51. The first-order chi connectivity index (χ1) is 9.52. The van der Waals surface area contributed by atoms with E-state index in [-0.39, 0.29) is 5.91 Å². The molecule has 0 bridgehead atoms. The summed E-state index contributed by atoms with van der Waals surface area (Å²) in [5.74, 6) is 0.816. The molecule has 0 heterocycles. The van der Waals surface area contributed by atoms with Gasteiger partial charge in [0.25, 0.3) is 0 Å². The van der Waals surface area contributed by atoms with E-state index in [0.29, 0.717) is 24.5 Å². The summed E-state index contributed by atoms with van der Waals surface area (Å²) in [6.07, 6.45) is 5.93. The predicted molar refractivity (Wildman–Crippen MR) is 84.8 cm³/mol. The van der Waals surface area contributed by atoms with E-state index in [9.17, 15) is 4.79 Å². The average Bonchev–Trinajstić information content (AvgIpc) is 2.39. The zero-order chi connectivity index (χ0) is 15.0. The molecule has 1 aliphatic carbocycles. The Hall–Kier alpha value is -0.610. The van der Waals surface area contributed by atoms with Gasteiger partial charge in [-0.05, 0) is 51.6 Å². The third-order valence-electron chi connectivity index (χ3n) is 4.25. The van der Waals surface area contributed by atoms with Crippen LogP contribution in [0.3, 0.4) is 0 Å². The van der Waals surface area contributed by atoms with Gasteiger partial charge in [-0.3, -0.25) is 9.69 Å². The molecule has 1 fully saturated rings. The Balaban J connectivity index is 2.19. The van der Waals surface area contributed by atoms with Crippen LogP contribution in [0, 0.1) is 5.92 Å². The number of likely N-dealkylation sites (N-methyl/N-ethyl adjacent to an activating group) is 1. The number of hydrogen-bond acceptors (Lipinski definition) is 3. The molecule has 4 nitrogen and oxygen atoms in total. The fourth-order valence-corrected chi connectivity index (χ4v) is 2.92. The molecule has 0 radical (unpaired) electrons. The second-order valence-electron chi connectivity index (χ2n) is 6.51. The summed E-state index contributed by atoms with van der Waals surface area (Å²) < 4.78 is 0. The third kappa shape index (κ3) is 6.71. The van der Waals surface area contributed by atoms with Crippen molar-refractivity contribution >= 4 is 5.91 Å². The molecule has 1 rings (SSSR count). The first kappa shape index (κ1) is 17.4. The fourth-order valence-electron chi connectivity index (χ4n) is 2.92. The topological polar surface area (TPSA) is 44.4 Å². The van der Waals surface area contributed by atoms with Gasteiger partial charge in [-0.15, -0.1) is 0 Å². The van der Waals surface area contributed by atoms with Crippen LogP contribution in [-0.2, 0) is 4.79 Å². The van der Waals surface area contributed by atoms with Gasteiger partial charge in [-0.25, -0.2) is 0 Å². The second kappa shape index (κ2) is 9.35. The molecule has 0 saturated heterocycles. The normalized spacial score (nSPS) is 23.3. The highest BCUT2D eigenvalue weighted by molar-refractivity contribution is 5.77. The quantitative estimate of drug-likeness (QED) is 0.716. The zero-order valence-corrected chi connectivity index (χ0v) is 13.7. The van der Waals surface area contributed by atoms with E-state index in [2.05, 4.69) is 43.4 Å². The van der Waals surface area contributed by atoms with Crippen LogP contribution in [0.15, 0.2) is 0 Å². The summed E-state index contributed by atoms with van der Waals surface area (Å²) in [5, 5.41) is 6.55. The van der Waals surface area contributed by atoms with Crippen LogP contribution in [0.2, 0.25) is 0 Å². The van der Waals surface area contributed by atoms with Gasteiger partial charge >= 0.3 is 0 Å². The van der Waals surface area contributed by atoms with Crippen LogP contribution in [0.4, 0.5) is 0 Å². The van der Waals surface area contributed by atoms with Crippen molar-refractivity contribution < 1.29 is 4.79 Å². The SMILES string of the molecule is CCNC1CCC(N(C)CC(=O)NCCC(C)C)CC1. The lowest BCUT2D eigenvalue weighted by Gasteiger charge is -2.34. The number of rotatable bonds is 8. The number of amides is 1. The molecule has 4 heteroatoms. The van der Waals surface area contributed by atoms with Crippen LogP contribution in [0.1, 0.15) is 52.9 Å². The Labute approximate surface area is 124 Å². The van der Waals surface area contributed by atoms with Crippen molar-refractivity contribution in [1.29, 1.82) is 0 Å². The Kier molecular flexibility index (Phi) is 8.15. The van der Waals surface area contributed by atoms with E-state index < -0.39 is 0 Å². The number of nitrogens with one attached hydrogen (secondary N) is 2. The van der Waals surface area contributed by atoms with Gasteiger partial charge < -0.3 is 10.6 Å². The molecule has 0 aliphatic heterocycles. The molecule has 0 aromatic rings. The van der Waals surface area contributed by atoms with Gasteiger partial charge in [0.2, 0.25) is 5.91 Å². The minimum Gasteiger partial charge on any atom is -0.355 e. The lowest BCUT2D eigenvalue weighted by atomic mass is 9.90. The molecule has 1 amide bonds. The molecule has 1 aliphatic rings. The van der Waals surface area contributed by atoms with Crippen molar-refractivity contribution in [1.82, 2.24) is 15.5 Å². The summed E-state index contributed by atoms with van der Waals surface area (Å²) >= 11 is 0. The van der Waals surface area contributed by atoms with Crippen molar-refractivity contribution in [2.45, 2.75) is 65.0 Å². The number of carbonyl (C=O) groups excluding carboxylic acids is 1. The molecule has 2 N–H and O–H groups in total. The van der Waals surface area contributed by atoms with Crippen molar-refractivity contribution in [3.63, 3.8) is 0 Å². The highest BCUT2D eigenvalue weighted by atomic mass is 16.2. The molecule has 1 saturated carbocycles. The highest BCUT2D eigenvalue weighted by Crippen LogP contribution is 2.22. The van der Waals surface area contributed by atoms with E-state index in [4.69, 9.17) is 0 Å². The molecule has 0 spiro atoms. The van der Waals surface area contributed by atoms with Gasteiger partial charge in [0.1, 0.15) is 0 Å². The Bertz CT molecular complexity index is 273. The molecule has 0 atom stereocenters. The van der Waals surface area contributed by atoms with E-state index in [0.717, 1.165) is 19.5 Å². The van der Waals surface area contributed by atoms with Crippen molar-refractivity contribution in [2.24, 2.45) is 5.92 Å². The Morgan fingerprint density at radius 1 is 1.25 bits per heavy atom. The molecule has 0 aromatic carbocycles. The van der Waals surface area contributed by atoms with Gasteiger partial charge in [0.05, 0.1) is 6.54 Å². The van der Waals surface area contributed by atoms with E-state index >= 15 is 0 Å². The van der Waals surface area contributed by atoms with Crippen LogP contribution in [-0.4, -0.2) is 49.6 Å². The fraction of sp³-hybridized carbons (Fsp3) is 0.938. The van der Waals surface area contributed by atoms with Crippen LogP contribution < -0.4 is 10.6 Å². The molecule has 118 valence electrons. The Morgan fingerprint density at radius 2 is 1.90 bits per heavy atom. The number of carbonyl (C=O) groups is 1. The van der Waals surface area contributed by atoms with Crippen LogP contribution in [0.25, 0.3) is 0 Å². The highest BCUT2D eigenvalue weighted by Gasteiger charge is 2.24. The van der Waals surface area contributed by atoms with Crippen molar-refractivity contribution in [3.8, 4) is 0 Å². The van der Waals surface area contributed by atoms with E-state index in [1.807, 2.05) is 0 Å². The van der Waals surface area contributed by atoms with Crippen LogP contribution in [0.5, 0.6) is 0 Å². The summed E-state index contributed by atoms with van der Waals surface area (Å²) in [4.78, 5) is 14.1. The maximum atomic E-state index is 11.9. The maximum Gasteiger partial charge on any atom is 0.234 e. The maximum absolute atomic E-state index is 11.9. The standard InChI is InChI=1S/C16H33N3O/c1-5-17-14-6-8-15(9-7-14)19(4)12-16(20)18-11-10-13(2)3/h13-15,17H,5-12H2,1-4H3,(H,18,20). The Morgan fingerprint density at radius 3 is 2.45 bits per heavy atom. The molecule has 0 aromatic heterocycles. The minimum absolute atomic E-state index is 0.168. The first-order valence-electron chi connectivity index (χ1n) is 8.23. The summed E-state index contributed by atoms with van der Waals surface area (Å²) in [5.41, 5.74) is 0. The number of hydrogen-bond donors (Lipinski definition) is 2. The summed E-state index contributed by atoms with van der Waals surface area (Å²) in [6, 6.07) is 1.25. The van der Waals surface area contributed by atoms with Gasteiger partial charge in [0.15, 0.2) is 0 Å². The van der Waals surface area contributed by atoms with E-state index in [1.165, 1.54) is 25.7 Å². The lowest BCUT2D eigenvalue weighted by molar-refractivity contribution is -0.122. The smallest absolute Gasteiger partial charge is 0.234 e. The lowest BCUT2D eigenvalue weighted by Crippen LogP contribution is -2.44. The largest absolute Gasteiger partial charge is 0.355 e. The van der Waals surface area contributed by atoms with Gasteiger partial charge in [-0.2, -0.15) is 0 Å². The molecule has 20 heavy (non-hydrogen) atoms. The van der Waals surface area contributed by atoms with Gasteiger partial charge in [0, 0.05) is 18.6 Å². The summed E-state index contributed by atoms with van der Waals surface area (Å²) in [6.45, 7) is 8.93. The predicted octanol–water partition coefficient (Wildman–Crippen LogP) is 2.00.